The van der Waals surface area contributed by atoms with Gasteiger partial charge in [0.05, 0.1) is 16.7 Å². The molecule has 27 heavy (non-hydrogen) atoms. The number of amides is 1. The normalized spacial score (nSPS) is 17.6. The van der Waals surface area contributed by atoms with Crippen LogP contribution in [0.25, 0.3) is 11.0 Å². The van der Waals surface area contributed by atoms with Crippen molar-refractivity contribution in [3.8, 4) is 0 Å². The molecule has 6 nitrogen and oxygen atoms in total. The van der Waals surface area contributed by atoms with Crippen LogP contribution in [-0.4, -0.2) is 43.6 Å². The second-order valence-electron chi connectivity index (χ2n) is 7.59. The van der Waals surface area contributed by atoms with Crippen LogP contribution in [0.4, 0.5) is 0 Å². The Labute approximate surface area is 159 Å². The summed E-state index contributed by atoms with van der Waals surface area (Å²) in [6, 6.07) is 8.10. The van der Waals surface area contributed by atoms with Gasteiger partial charge in [0.2, 0.25) is 5.91 Å². The van der Waals surface area contributed by atoms with E-state index in [1.165, 1.54) is 5.56 Å². The summed E-state index contributed by atoms with van der Waals surface area (Å²) in [6.07, 6.45) is 3.40. The smallest absolute Gasteiger partial charge is 0.222 e. The molecule has 3 heterocycles. The van der Waals surface area contributed by atoms with Gasteiger partial charge in [-0.2, -0.15) is 5.10 Å². The zero-order valence-electron chi connectivity index (χ0n) is 16.3. The number of imidazole rings is 1. The van der Waals surface area contributed by atoms with Crippen molar-refractivity contribution in [3.63, 3.8) is 0 Å². The second-order valence-corrected chi connectivity index (χ2v) is 7.59. The van der Waals surface area contributed by atoms with Crippen LogP contribution in [0.15, 0.2) is 24.3 Å². The highest BCUT2D eigenvalue weighted by atomic mass is 16.2. The fraction of sp³-hybridized carbons (Fsp3) is 0.476. The maximum Gasteiger partial charge on any atom is 0.222 e. The van der Waals surface area contributed by atoms with Gasteiger partial charge in [0.25, 0.3) is 0 Å². The van der Waals surface area contributed by atoms with Crippen molar-refractivity contribution in [1.82, 2.24) is 24.6 Å². The van der Waals surface area contributed by atoms with Gasteiger partial charge in [-0.15, -0.1) is 0 Å². The predicted molar refractivity (Wildman–Crippen MR) is 106 cm³/mol. The molecule has 0 radical (unpaired) electrons. The average molecular weight is 365 g/mol. The first-order valence-corrected chi connectivity index (χ1v) is 9.74. The van der Waals surface area contributed by atoms with E-state index in [-0.39, 0.29) is 11.8 Å². The molecule has 0 aliphatic carbocycles. The summed E-state index contributed by atoms with van der Waals surface area (Å²) in [5.41, 5.74) is 5.45. The lowest BCUT2D eigenvalue weighted by atomic mass is 9.96. The van der Waals surface area contributed by atoms with Crippen LogP contribution in [0.2, 0.25) is 0 Å². The number of aryl methyl sites for hydroxylation is 2. The maximum atomic E-state index is 12.8. The minimum Gasteiger partial charge on any atom is -0.342 e. The zero-order chi connectivity index (χ0) is 19.0. The van der Waals surface area contributed by atoms with Crippen LogP contribution >= 0.6 is 0 Å². The summed E-state index contributed by atoms with van der Waals surface area (Å²) >= 11 is 0. The van der Waals surface area contributed by atoms with E-state index in [2.05, 4.69) is 23.1 Å². The minimum absolute atomic E-state index is 0.235. The first-order chi connectivity index (χ1) is 13.0. The Morgan fingerprint density at radius 1 is 1.30 bits per heavy atom. The number of aromatic amines is 1. The van der Waals surface area contributed by atoms with Gasteiger partial charge >= 0.3 is 0 Å². The highest BCUT2D eigenvalue weighted by molar-refractivity contribution is 5.77. The van der Waals surface area contributed by atoms with Crippen LogP contribution in [0.1, 0.15) is 48.0 Å². The summed E-state index contributed by atoms with van der Waals surface area (Å²) in [5.74, 6) is 1.53. The van der Waals surface area contributed by atoms with Crippen molar-refractivity contribution in [2.45, 2.75) is 45.4 Å². The largest absolute Gasteiger partial charge is 0.342 e. The molecule has 2 aromatic heterocycles. The van der Waals surface area contributed by atoms with E-state index in [1.54, 1.807) is 0 Å². The van der Waals surface area contributed by atoms with Gasteiger partial charge in [-0.05, 0) is 50.8 Å². The monoisotopic (exact) mass is 365 g/mol. The highest BCUT2D eigenvalue weighted by Gasteiger charge is 2.27. The Hall–Kier alpha value is -2.63. The van der Waals surface area contributed by atoms with Crippen molar-refractivity contribution in [2.24, 2.45) is 7.05 Å². The first-order valence-electron chi connectivity index (χ1n) is 9.74. The molecule has 0 unspecified atom stereocenters. The molecule has 1 aliphatic heterocycles. The molecule has 1 fully saturated rings. The number of H-pyrrole nitrogens is 1. The molecule has 3 aromatic rings. The number of hydrogen-bond donors (Lipinski definition) is 1. The standard InChI is InChI=1S/C21H27N5O/c1-14-17(15(2)25(3)24-14)10-11-20(27)26-12-6-7-16(13-26)21-22-18-8-4-5-9-19(18)23-21/h4-5,8-9,16H,6-7,10-13H2,1-3H3,(H,22,23)/t16-/m0/s1. The number of rotatable bonds is 4. The Morgan fingerprint density at radius 2 is 2.11 bits per heavy atom. The van der Waals surface area contributed by atoms with Crippen LogP contribution < -0.4 is 0 Å². The summed E-state index contributed by atoms with van der Waals surface area (Å²) in [6.45, 7) is 5.69. The first kappa shape index (κ1) is 17.8. The molecule has 1 N–H and O–H groups in total. The number of likely N-dealkylation sites (tertiary alicyclic amines) is 1. The molecular weight excluding hydrogens is 338 g/mol. The van der Waals surface area contributed by atoms with Crippen LogP contribution in [0, 0.1) is 13.8 Å². The fourth-order valence-corrected chi connectivity index (χ4v) is 4.16. The SMILES string of the molecule is Cc1nn(C)c(C)c1CCC(=O)N1CCC[C@H](c2nc3ccccc3[nH]2)C1. The van der Waals surface area contributed by atoms with Crippen molar-refractivity contribution in [1.29, 1.82) is 0 Å². The Kier molecular flexibility index (Phi) is 4.72. The number of nitrogens with one attached hydrogen (secondary N) is 1. The second kappa shape index (κ2) is 7.18. The van der Waals surface area contributed by atoms with Crippen molar-refractivity contribution in [2.75, 3.05) is 13.1 Å². The van der Waals surface area contributed by atoms with Crippen LogP contribution in [0.5, 0.6) is 0 Å². The van der Waals surface area contributed by atoms with Crippen molar-refractivity contribution in [3.05, 3.63) is 47.0 Å². The lowest BCUT2D eigenvalue weighted by Gasteiger charge is -2.32. The Morgan fingerprint density at radius 3 is 2.85 bits per heavy atom. The van der Waals surface area contributed by atoms with Gasteiger partial charge in [-0.3, -0.25) is 9.48 Å². The molecule has 142 valence electrons. The van der Waals surface area contributed by atoms with E-state index in [9.17, 15) is 4.79 Å². The molecule has 1 atom stereocenters. The number of carbonyl (C=O) groups is 1. The summed E-state index contributed by atoms with van der Waals surface area (Å²) < 4.78 is 1.90. The summed E-state index contributed by atoms with van der Waals surface area (Å²) in [5, 5.41) is 4.45. The van der Waals surface area contributed by atoms with E-state index in [4.69, 9.17) is 4.98 Å². The van der Waals surface area contributed by atoms with Gasteiger partial charge < -0.3 is 9.88 Å². The number of carbonyl (C=O) groups excluding carboxylic acids is 1. The molecule has 0 saturated carbocycles. The number of aromatic nitrogens is 4. The minimum atomic E-state index is 0.235. The maximum absolute atomic E-state index is 12.8. The van der Waals surface area contributed by atoms with Crippen molar-refractivity contribution >= 4 is 16.9 Å². The van der Waals surface area contributed by atoms with Gasteiger partial charge in [0.1, 0.15) is 5.82 Å². The summed E-state index contributed by atoms with van der Waals surface area (Å²) in [4.78, 5) is 23.0. The third-order valence-electron chi connectivity index (χ3n) is 5.82. The van der Waals surface area contributed by atoms with E-state index >= 15 is 0 Å². The number of hydrogen-bond acceptors (Lipinski definition) is 3. The van der Waals surface area contributed by atoms with Crippen LogP contribution in [-0.2, 0) is 18.3 Å². The lowest BCUT2D eigenvalue weighted by molar-refractivity contribution is -0.132. The van der Waals surface area contributed by atoms with Gasteiger partial charge in [0, 0.05) is 38.2 Å². The van der Waals surface area contributed by atoms with E-state index in [0.717, 1.165) is 60.6 Å². The molecule has 1 aliphatic rings. The molecular formula is C21H27N5O. The van der Waals surface area contributed by atoms with E-state index in [1.807, 2.05) is 41.8 Å². The van der Waals surface area contributed by atoms with Gasteiger partial charge in [0.15, 0.2) is 0 Å². The molecule has 0 spiro atoms. The lowest BCUT2D eigenvalue weighted by Crippen LogP contribution is -2.39. The summed E-state index contributed by atoms with van der Waals surface area (Å²) in [7, 11) is 1.95. The topological polar surface area (TPSA) is 66.8 Å². The molecule has 0 bridgehead atoms. The molecule has 6 heteroatoms. The van der Waals surface area contributed by atoms with Crippen molar-refractivity contribution < 1.29 is 4.79 Å². The number of nitrogens with zero attached hydrogens (tertiary/aromatic N) is 4. The number of benzene rings is 1. The van der Waals surface area contributed by atoms with Gasteiger partial charge in [-0.25, -0.2) is 4.98 Å². The Bertz CT molecular complexity index is 937. The highest BCUT2D eigenvalue weighted by Crippen LogP contribution is 2.27. The Balaban J connectivity index is 1.42. The van der Waals surface area contributed by atoms with E-state index in [0.29, 0.717) is 6.42 Å². The number of fused-ring (bicyclic) bond motifs is 1. The fourth-order valence-electron chi connectivity index (χ4n) is 4.16. The van der Waals surface area contributed by atoms with Gasteiger partial charge in [-0.1, -0.05) is 12.1 Å². The number of para-hydroxylation sites is 2. The van der Waals surface area contributed by atoms with Crippen LogP contribution in [0.3, 0.4) is 0 Å². The quantitative estimate of drug-likeness (QED) is 0.772. The molecule has 4 rings (SSSR count). The number of piperidine rings is 1. The van der Waals surface area contributed by atoms with E-state index < -0.39 is 0 Å². The zero-order valence-corrected chi connectivity index (χ0v) is 16.3. The molecule has 1 saturated heterocycles. The molecule has 1 amide bonds. The third-order valence-corrected chi connectivity index (χ3v) is 5.82. The molecule has 1 aromatic carbocycles. The predicted octanol–water partition coefficient (Wildman–Crippen LogP) is 3.25. The third kappa shape index (κ3) is 3.48. The average Bonchev–Trinajstić information content (AvgIpc) is 3.21.